The average molecular weight is 519 g/mol. The van der Waals surface area contributed by atoms with Gasteiger partial charge in [-0.2, -0.15) is 23.3 Å². The van der Waals surface area contributed by atoms with Gasteiger partial charge in [-0.1, -0.05) is 31.8 Å². The number of furan rings is 1. The summed E-state index contributed by atoms with van der Waals surface area (Å²) in [6.07, 6.45) is -4.26. The van der Waals surface area contributed by atoms with Gasteiger partial charge in [0.25, 0.3) is 0 Å². The zero-order valence-corrected chi connectivity index (χ0v) is 21.6. The number of aromatic nitrogens is 4. The number of ether oxygens (including phenoxy) is 1. The SMILES string of the molecule is Cc1nn(COCC[Si](C)(C)C)c2cc(-c3cc4nc(N)nc(NC5CC5C(F)(F)F)c4o3)ccc12. The monoisotopic (exact) mass is 518 g/mol. The fraction of sp³-hybridized carbons (Fsp3) is 0.458. The fourth-order valence-corrected chi connectivity index (χ4v) is 4.96. The summed E-state index contributed by atoms with van der Waals surface area (Å²) in [6, 6.07) is 7.86. The summed E-state index contributed by atoms with van der Waals surface area (Å²) in [6.45, 7) is 9.90. The molecule has 192 valence electrons. The lowest BCUT2D eigenvalue weighted by Crippen LogP contribution is -2.22. The second kappa shape index (κ2) is 8.77. The number of hydrogen-bond acceptors (Lipinski definition) is 7. The third-order valence-electron chi connectivity index (χ3n) is 6.35. The van der Waals surface area contributed by atoms with Gasteiger partial charge in [-0.3, -0.25) is 0 Å². The standard InChI is InChI=1S/C24H29F3N6O2Si/c1-13-15-6-5-14(9-19(15)33(32-13)12-34-7-8-36(2,3)4)20-11-18-21(35-20)22(31-23(28)30-18)29-17-10-16(17)24(25,26)27/h5-6,9,11,16-17H,7-8,10,12H2,1-4H3,(H3,28,29,30,31). The molecule has 3 aromatic heterocycles. The lowest BCUT2D eigenvalue weighted by molar-refractivity contribution is -0.147. The van der Waals surface area contributed by atoms with Crippen LogP contribution in [0.3, 0.4) is 0 Å². The Labute approximate surface area is 207 Å². The Hall–Kier alpha value is -3.12. The smallest absolute Gasteiger partial charge is 0.393 e. The van der Waals surface area contributed by atoms with Crippen molar-refractivity contribution in [1.29, 1.82) is 0 Å². The summed E-state index contributed by atoms with van der Waals surface area (Å²) in [5.41, 5.74) is 9.07. The Kier molecular flexibility index (Phi) is 5.98. The van der Waals surface area contributed by atoms with E-state index >= 15 is 0 Å². The van der Waals surface area contributed by atoms with Gasteiger partial charge in [-0.05, 0) is 25.5 Å². The normalized spacial score (nSPS) is 18.3. The number of nitrogens with two attached hydrogens (primary N) is 1. The highest BCUT2D eigenvalue weighted by Crippen LogP contribution is 2.46. The summed E-state index contributed by atoms with van der Waals surface area (Å²) < 4.78 is 52.7. The first-order chi connectivity index (χ1) is 16.9. The van der Waals surface area contributed by atoms with Gasteiger partial charge in [0, 0.05) is 37.7 Å². The van der Waals surface area contributed by atoms with E-state index in [0.717, 1.165) is 28.2 Å². The first-order valence-electron chi connectivity index (χ1n) is 11.8. The molecule has 8 nitrogen and oxygen atoms in total. The van der Waals surface area contributed by atoms with Gasteiger partial charge in [0.15, 0.2) is 11.4 Å². The first-order valence-corrected chi connectivity index (χ1v) is 15.6. The minimum absolute atomic E-state index is 0.0114. The number of nitrogen functional groups attached to an aromatic ring is 1. The third kappa shape index (κ3) is 5.05. The van der Waals surface area contributed by atoms with E-state index in [-0.39, 0.29) is 23.8 Å². The molecule has 2 atom stereocenters. The lowest BCUT2D eigenvalue weighted by Gasteiger charge is -2.15. The second-order valence-electron chi connectivity index (χ2n) is 10.6. The molecular weight excluding hydrogens is 489 g/mol. The number of anilines is 2. The molecule has 36 heavy (non-hydrogen) atoms. The Balaban J connectivity index is 1.42. The van der Waals surface area contributed by atoms with E-state index in [1.807, 2.05) is 29.8 Å². The molecule has 1 saturated carbocycles. The van der Waals surface area contributed by atoms with Crippen LogP contribution in [-0.2, 0) is 11.5 Å². The van der Waals surface area contributed by atoms with Crippen molar-refractivity contribution in [3.63, 3.8) is 0 Å². The highest BCUT2D eigenvalue weighted by atomic mass is 28.3. The van der Waals surface area contributed by atoms with Crippen molar-refractivity contribution in [1.82, 2.24) is 19.7 Å². The van der Waals surface area contributed by atoms with Gasteiger partial charge >= 0.3 is 6.18 Å². The van der Waals surface area contributed by atoms with Crippen LogP contribution in [0, 0.1) is 12.8 Å². The summed E-state index contributed by atoms with van der Waals surface area (Å²) >= 11 is 0. The minimum Gasteiger partial charge on any atom is -0.450 e. The Morgan fingerprint density at radius 3 is 2.69 bits per heavy atom. The summed E-state index contributed by atoms with van der Waals surface area (Å²) in [7, 11) is -1.19. The number of nitrogens with zero attached hydrogens (tertiary/aromatic N) is 4. The number of fused-ring (bicyclic) bond motifs is 2. The lowest BCUT2D eigenvalue weighted by atomic mass is 10.1. The van der Waals surface area contributed by atoms with Crippen molar-refractivity contribution in [3.05, 3.63) is 30.0 Å². The zero-order valence-electron chi connectivity index (χ0n) is 20.6. The molecule has 1 aromatic carbocycles. The fourth-order valence-electron chi connectivity index (χ4n) is 4.20. The maximum atomic E-state index is 13.0. The van der Waals surface area contributed by atoms with Crippen LogP contribution in [0.15, 0.2) is 28.7 Å². The van der Waals surface area contributed by atoms with E-state index < -0.39 is 26.2 Å². The number of hydrogen-bond donors (Lipinski definition) is 2. The molecule has 12 heteroatoms. The van der Waals surface area contributed by atoms with Crippen molar-refractivity contribution in [2.24, 2.45) is 5.92 Å². The minimum atomic E-state index is -4.25. The molecule has 0 aliphatic heterocycles. The van der Waals surface area contributed by atoms with E-state index in [0.29, 0.717) is 24.6 Å². The number of alkyl halides is 3. The van der Waals surface area contributed by atoms with E-state index in [2.05, 4.69) is 40.0 Å². The van der Waals surface area contributed by atoms with Gasteiger partial charge in [0.05, 0.1) is 17.1 Å². The number of rotatable bonds is 8. The Morgan fingerprint density at radius 2 is 2.00 bits per heavy atom. The average Bonchev–Trinajstić information content (AvgIpc) is 3.32. The Morgan fingerprint density at radius 1 is 1.22 bits per heavy atom. The van der Waals surface area contributed by atoms with E-state index in [4.69, 9.17) is 14.9 Å². The molecule has 0 saturated heterocycles. The molecule has 0 amide bonds. The maximum Gasteiger partial charge on any atom is 0.393 e. The van der Waals surface area contributed by atoms with Crippen LogP contribution in [0.4, 0.5) is 24.9 Å². The molecule has 1 aliphatic rings. The van der Waals surface area contributed by atoms with Gasteiger partial charge in [0.1, 0.15) is 18.0 Å². The Bertz CT molecular complexity index is 1430. The molecule has 1 aliphatic carbocycles. The third-order valence-corrected chi connectivity index (χ3v) is 8.06. The maximum absolute atomic E-state index is 13.0. The molecule has 5 rings (SSSR count). The molecule has 3 N–H and O–H groups in total. The summed E-state index contributed by atoms with van der Waals surface area (Å²) in [4.78, 5) is 8.31. The van der Waals surface area contributed by atoms with Crippen molar-refractivity contribution in [2.75, 3.05) is 17.7 Å². The van der Waals surface area contributed by atoms with Crippen molar-refractivity contribution in [3.8, 4) is 11.3 Å². The van der Waals surface area contributed by atoms with Crippen LogP contribution in [-0.4, -0.2) is 46.6 Å². The predicted octanol–water partition coefficient (Wildman–Crippen LogP) is 5.81. The molecule has 3 heterocycles. The molecule has 0 spiro atoms. The highest BCUT2D eigenvalue weighted by Gasteiger charge is 2.56. The van der Waals surface area contributed by atoms with Crippen LogP contribution in [0.1, 0.15) is 12.1 Å². The van der Waals surface area contributed by atoms with Crippen molar-refractivity contribution < 1.29 is 22.3 Å². The van der Waals surface area contributed by atoms with E-state index in [1.54, 1.807) is 6.07 Å². The van der Waals surface area contributed by atoms with Crippen LogP contribution < -0.4 is 11.1 Å². The molecule has 1 fully saturated rings. The number of nitrogens with one attached hydrogen (secondary N) is 1. The van der Waals surface area contributed by atoms with Gasteiger partial charge in [-0.15, -0.1) is 0 Å². The molecular formula is C24H29F3N6O2Si. The molecule has 0 bridgehead atoms. The van der Waals surface area contributed by atoms with Gasteiger partial charge < -0.3 is 20.2 Å². The number of halogens is 3. The molecule has 0 radical (unpaired) electrons. The molecule has 4 aromatic rings. The quantitative estimate of drug-likeness (QED) is 0.224. The van der Waals surface area contributed by atoms with Crippen molar-refractivity contribution >= 4 is 41.8 Å². The summed E-state index contributed by atoms with van der Waals surface area (Å²) in [5, 5.41) is 8.46. The van der Waals surface area contributed by atoms with Gasteiger partial charge in [-0.25, -0.2) is 9.67 Å². The predicted molar refractivity (Wildman–Crippen MR) is 135 cm³/mol. The summed E-state index contributed by atoms with van der Waals surface area (Å²) in [5.74, 6) is -0.778. The van der Waals surface area contributed by atoms with Crippen LogP contribution >= 0.6 is 0 Å². The van der Waals surface area contributed by atoms with Crippen LogP contribution in [0.25, 0.3) is 33.3 Å². The number of aryl methyl sites for hydroxylation is 1. The van der Waals surface area contributed by atoms with Crippen molar-refractivity contribution in [2.45, 2.75) is 58.0 Å². The topological polar surface area (TPSA) is 104 Å². The van der Waals surface area contributed by atoms with E-state index in [1.165, 1.54) is 0 Å². The van der Waals surface area contributed by atoms with E-state index in [9.17, 15) is 13.2 Å². The van der Waals surface area contributed by atoms with Crippen LogP contribution in [0.2, 0.25) is 25.7 Å². The highest BCUT2D eigenvalue weighted by molar-refractivity contribution is 6.76. The van der Waals surface area contributed by atoms with Crippen LogP contribution in [0.5, 0.6) is 0 Å². The largest absolute Gasteiger partial charge is 0.450 e. The first kappa shape index (κ1) is 24.6. The number of benzene rings is 1. The zero-order chi connectivity index (χ0) is 25.8. The van der Waals surface area contributed by atoms with Gasteiger partial charge in [0.2, 0.25) is 5.95 Å². The molecule has 2 unspecified atom stereocenters. The second-order valence-corrected chi connectivity index (χ2v) is 16.2.